The summed E-state index contributed by atoms with van der Waals surface area (Å²) in [5.41, 5.74) is 7.92. The molecule has 0 bridgehead atoms. The molecule has 0 saturated carbocycles. The maximum absolute atomic E-state index is 13.3. The van der Waals surface area contributed by atoms with Crippen LogP contribution in [0.3, 0.4) is 0 Å². The van der Waals surface area contributed by atoms with Gasteiger partial charge in [0.1, 0.15) is 5.69 Å². The average Bonchev–Trinajstić information content (AvgIpc) is 3.55. The zero-order chi connectivity index (χ0) is 25.7. The molecule has 3 aromatic heterocycles. The molecule has 0 unspecified atom stereocenters. The highest BCUT2D eigenvalue weighted by atomic mass is 79.9. The van der Waals surface area contributed by atoms with Crippen LogP contribution in [-0.2, 0) is 0 Å². The third-order valence-electron chi connectivity index (χ3n) is 6.25. The molecule has 0 atom stereocenters. The fraction of sp³-hybridized carbons (Fsp3) is 0.103. The van der Waals surface area contributed by atoms with Gasteiger partial charge in [0, 0.05) is 27.4 Å². The number of benzene rings is 3. The Morgan fingerprint density at radius 3 is 2.30 bits per heavy atom. The molecule has 0 aliphatic heterocycles. The van der Waals surface area contributed by atoms with E-state index in [0.717, 1.165) is 43.7 Å². The van der Waals surface area contributed by atoms with Crippen LogP contribution in [0.4, 0.5) is 0 Å². The van der Waals surface area contributed by atoms with Crippen LogP contribution in [0.25, 0.3) is 39.4 Å². The average molecular weight is 569 g/mol. The number of thiazole rings is 1. The Labute approximate surface area is 225 Å². The van der Waals surface area contributed by atoms with Gasteiger partial charge < -0.3 is 0 Å². The Kier molecular flexibility index (Phi) is 5.85. The van der Waals surface area contributed by atoms with Crippen LogP contribution in [0, 0.1) is 20.8 Å². The van der Waals surface area contributed by atoms with Gasteiger partial charge in [0.05, 0.1) is 10.2 Å². The number of hydrogen-bond acceptors (Lipinski definition) is 5. The first-order chi connectivity index (χ1) is 17.9. The van der Waals surface area contributed by atoms with Crippen molar-refractivity contribution in [3.8, 4) is 28.3 Å². The zero-order valence-corrected chi connectivity index (χ0v) is 22.8. The van der Waals surface area contributed by atoms with Crippen molar-refractivity contribution in [2.75, 3.05) is 0 Å². The zero-order valence-electron chi connectivity index (χ0n) is 20.4. The second-order valence-corrected chi connectivity index (χ2v) is 11.0. The van der Waals surface area contributed by atoms with E-state index >= 15 is 0 Å². The van der Waals surface area contributed by atoms with Crippen molar-refractivity contribution in [2.45, 2.75) is 20.8 Å². The molecule has 0 spiro atoms. The highest BCUT2D eigenvalue weighted by molar-refractivity contribution is 9.10. The fourth-order valence-electron chi connectivity index (χ4n) is 4.65. The Bertz CT molecular complexity index is 1860. The molecule has 0 saturated heterocycles. The molecule has 3 heterocycles. The maximum atomic E-state index is 13.3. The second-order valence-electron chi connectivity index (χ2n) is 9.04. The van der Waals surface area contributed by atoms with E-state index < -0.39 is 0 Å². The van der Waals surface area contributed by atoms with E-state index in [9.17, 15) is 4.79 Å². The number of halogens is 1. The number of rotatable bonds is 4. The van der Waals surface area contributed by atoms with Crippen molar-refractivity contribution in [2.24, 2.45) is 0 Å². The van der Waals surface area contributed by atoms with Gasteiger partial charge >= 0.3 is 0 Å². The van der Waals surface area contributed by atoms with Crippen LogP contribution in [0.15, 0.2) is 82.2 Å². The summed E-state index contributed by atoms with van der Waals surface area (Å²) in [6.07, 6.45) is 3.88. The Morgan fingerprint density at radius 1 is 0.919 bits per heavy atom. The van der Waals surface area contributed by atoms with E-state index in [1.165, 1.54) is 21.4 Å². The molecular formula is C29H22BrN5OS. The van der Waals surface area contributed by atoms with Crippen molar-refractivity contribution in [3.05, 3.63) is 115 Å². The normalized spacial score (nSPS) is 12.1. The first-order valence-electron chi connectivity index (χ1n) is 11.8. The Balaban J connectivity index is 1.52. The number of aryl methyl sites for hydroxylation is 3. The number of nitrogens with zero attached hydrogens (tertiary/aromatic N) is 5. The third kappa shape index (κ3) is 4.32. The van der Waals surface area contributed by atoms with Crippen molar-refractivity contribution in [1.82, 2.24) is 24.4 Å². The summed E-state index contributed by atoms with van der Waals surface area (Å²) in [6, 6.07) is 22.0. The molecule has 0 amide bonds. The van der Waals surface area contributed by atoms with E-state index in [1.807, 2.05) is 71.6 Å². The standard InChI is InChI=1S/C29H22BrN5OS/c1-17-13-18(2)25(19(3)14-17)26-21(16-34(32-26)23-7-5-4-6-8-23)15-24-28(36)35-29(37-24)31-27(33-35)20-9-11-22(30)12-10-20/h4-16H,1-3H3. The Hall–Kier alpha value is -3.88. The van der Waals surface area contributed by atoms with Crippen molar-refractivity contribution in [1.29, 1.82) is 0 Å². The predicted molar refractivity (Wildman–Crippen MR) is 152 cm³/mol. The summed E-state index contributed by atoms with van der Waals surface area (Å²) < 4.78 is 4.79. The van der Waals surface area contributed by atoms with E-state index in [0.29, 0.717) is 15.3 Å². The van der Waals surface area contributed by atoms with Crippen LogP contribution in [0.1, 0.15) is 22.3 Å². The first-order valence-corrected chi connectivity index (χ1v) is 13.4. The lowest BCUT2D eigenvalue weighted by atomic mass is 9.95. The van der Waals surface area contributed by atoms with Crippen molar-refractivity contribution < 1.29 is 0 Å². The van der Waals surface area contributed by atoms with E-state index in [1.54, 1.807) is 0 Å². The molecule has 0 aliphatic rings. The topological polar surface area (TPSA) is 65.1 Å². The molecule has 0 fully saturated rings. The highest BCUT2D eigenvalue weighted by Gasteiger charge is 2.17. The highest BCUT2D eigenvalue weighted by Crippen LogP contribution is 2.31. The molecule has 3 aromatic carbocycles. The van der Waals surface area contributed by atoms with Gasteiger partial charge in [-0.25, -0.2) is 4.68 Å². The lowest BCUT2D eigenvalue weighted by molar-refractivity contribution is 0.883. The minimum absolute atomic E-state index is 0.188. The van der Waals surface area contributed by atoms with Gasteiger partial charge in [-0.05, 0) is 62.2 Å². The SMILES string of the molecule is Cc1cc(C)c(-c2nn(-c3ccccc3)cc2C=c2sc3nc(-c4ccc(Br)cc4)nn3c2=O)c(C)c1. The number of hydrogen-bond donors (Lipinski definition) is 0. The maximum Gasteiger partial charge on any atom is 0.291 e. The molecule has 8 heteroatoms. The van der Waals surface area contributed by atoms with Gasteiger partial charge in [-0.1, -0.05) is 75.3 Å². The number of aromatic nitrogens is 5. The molecule has 37 heavy (non-hydrogen) atoms. The summed E-state index contributed by atoms with van der Waals surface area (Å²) >= 11 is 4.78. The minimum atomic E-state index is -0.188. The van der Waals surface area contributed by atoms with E-state index in [2.05, 4.69) is 58.9 Å². The smallest absolute Gasteiger partial charge is 0.266 e. The summed E-state index contributed by atoms with van der Waals surface area (Å²) in [5.74, 6) is 0.533. The molecule has 6 aromatic rings. The quantitative estimate of drug-likeness (QED) is 0.266. The van der Waals surface area contributed by atoms with Crippen LogP contribution < -0.4 is 10.1 Å². The molecule has 0 N–H and O–H groups in total. The predicted octanol–water partition coefficient (Wildman–Crippen LogP) is 5.91. The lowest BCUT2D eigenvalue weighted by Crippen LogP contribution is -2.23. The summed E-state index contributed by atoms with van der Waals surface area (Å²) in [7, 11) is 0. The molecule has 182 valence electrons. The number of fused-ring (bicyclic) bond motifs is 1. The number of para-hydroxylation sites is 1. The van der Waals surface area contributed by atoms with Gasteiger partial charge in [-0.15, -0.1) is 5.10 Å². The monoisotopic (exact) mass is 567 g/mol. The Morgan fingerprint density at radius 2 is 1.62 bits per heavy atom. The van der Waals surface area contributed by atoms with E-state index in [4.69, 9.17) is 5.10 Å². The third-order valence-corrected chi connectivity index (χ3v) is 7.74. The summed E-state index contributed by atoms with van der Waals surface area (Å²) in [6.45, 7) is 6.30. The van der Waals surface area contributed by atoms with Crippen LogP contribution in [0.5, 0.6) is 0 Å². The molecule has 0 radical (unpaired) electrons. The summed E-state index contributed by atoms with van der Waals surface area (Å²) in [4.78, 5) is 18.5. The van der Waals surface area contributed by atoms with E-state index in [-0.39, 0.29) is 5.56 Å². The molecule has 6 rings (SSSR count). The molecule has 0 aliphatic carbocycles. The largest absolute Gasteiger partial charge is 0.291 e. The summed E-state index contributed by atoms with van der Waals surface area (Å²) in [5, 5.41) is 9.47. The van der Waals surface area contributed by atoms with Crippen molar-refractivity contribution >= 4 is 38.3 Å². The minimum Gasteiger partial charge on any atom is -0.266 e. The van der Waals surface area contributed by atoms with Crippen LogP contribution in [-0.4, -0.2) is 24.4 Å². The lowest BCUT2D eigenvalue weighted by Gasteiger charge is -2.10. The molecular weight excluding hydrogens is 546 g/mol. The van der Waals surface area contributed by atoms with Gasteiger partial charge in [0.15, 0.2) is 5.82 Å². The van der Waals surface area contributed by atoms with Gasteiger partial charge in [-0.2, -0.15) is 14.6 Å². The second kappa shape index (κ2) is 9.21. The van der Waals surface area contributed by atoms with Gasteiger partial charge in [-0.3, -0.25) is 4.79 Å². The van der Waals surface area contributed by atoms with Crippen LogP contribution in [0.2, 0.25) is 0 Å². The molecule has 6 nitrogen and oxygen atoms in total. The van der Waals surface area contributed by atoms with Gasteiger partial charge in [0.25, 0.3) is 5.56 Å². The first kappa shape index (κ1) is 23.5. The fourth-order valence-corrected chi connectivity index (χ4v) is 5.81. The van der Waals surface area contributed by atoms with Crippen LogP contribution >= 0.6 is 27.3 Å². The van der Waals surface area contributed by atoms with Gasteiger partial charge in [0.2, 0.25) is 4.96 Å². The van der Waals surface area contributed by atoms with Crippen molar-refractivity contribution in [3.63, 3.8) is 0 Å².